The van der Waals surface area contributed by atoms with Gasteiger partial charge >= 0.3 is 0 Å². The number of aliphatic hydroxyl groups is 2. The lowest BCUT2D eigenvalue weighted by molar-refractivity contribution is -0.144. The first-order valence-corrected chi connectivity index (χ1v) is 9.72. The minimum Gasteiger partial charge on any atom is -0.393 e. The van der Waals surface area contributed by atoms with E-state index in [4.69, 9.17) is 6.42 Å². The first-order chi connectivity index (χ1) is 10.8. The molecule has 0 saturated heterocycles. The maximum atomic E-state index is 11.0. The SMILES string of the molecule is C#CC1(O)CC[C@H]2[C@@H]3CCC4CC(O)CC[C@]4(C)[C@@H]3CC[C@@]21C. The van der Waals surface area contributed by atoms with Crippen LogP contribution in [-0.2, 0) is 0 Å². The average Bonchev–Trinajstić information content (AvgIpc) is 2.80. The van der Waals surface area contributed by atoms with Crippen LogP contribution in [0.25, 0.3) is 0 Å². The summed E-state index contributed by atoms with van der Waals surface area (Å²) in [4.78, 5) is 0. The van der Waals surface area contributed by atoms with Crippen LogP contribution in [0.5, 0.6) is 0 Å². The van der Waals surface area contributed by atoms with Crippen LogP contribution in [0.15, 0.2) is 0 Å². The molecular weight excluding hydrogens is 284 g/mol. The van der Waals surface area contributed by atoms with E-state index in [1.807, 2.05) is 0 Å². The molecular formula is C21H32O2. The summed E-state index contributed by atoms with van der Waals surface area (Å²) in [6.45, 7) is 4.77. The molecule has 4 aliphatic rings. The highest BCUT2D eigenvalue weighted by atomic mass is 16.3. The molecule has 2 nitrogen and oxygen atoms in total. The minimum absolute atomic E-state index is 0.0727. The van der Waals surface area contributed by atoms with Crippen LogP contribution in [0, 0.1) is 46.8 Å². The smallest absolute Gasteiger partial charge is 0.130 e. The molecule has 4 saturated carbocycles. The second-order valence-corrected chi connectivity index (χ2v) is 9.58. The Hall–Kier alpha value is -0.520. The Morgan fingerprint density at radius 1 is 0.957 bits per heavy atom. The number of fused-ring (bicyclic) bond motifs is 5. The van der Waals surface area contributed by atoms with Crippen LogP contribution in [0.3, 0.4) is 0 Å². The quantitative estimate of drug-likeness (QED) is 0.668. The number of terminal acetylenes is 1. The fraction of sp³-hybridized carbons (Fsp3) is 0.905. The van der Waals surface area contributed by atoms with Crippen LogP contribution in [0.2, 0.25) is 0 Å². The third-order valence-electron chi connectivity index (χ3n) is 9.03. The molecule has 3 unspecified atom stereocenters. The van der Waals surface area contributed by atoms with Gasteiger partial charge in [0.05, 0.1) is 6.10 Å². The van der Waals surface area contributed by atoms with Crippen LogP contribution < -0.4 is 0 Å². The fourth-order valence-electron chi connectivity index (χ4n) is 7.49. The van der Waals surface area contributed by atoms with E-state index < -0.39 is 5.60 Å². The number of hydrogen-bond donors (Lipinski definition) is 2. The lowest BCUT2D eigenvalue weighted by atomic mass is 9.44. The summed E-state index contributed by atoms with van der Waals surface area (Å²) in [7, 11) is 0. The standard InChI is InChI=1S/C21H32O2/c1-4-21(23)12-9-18-16-6-5-14-13-15(22)7-10-19(14,2)17(16)8-11-20(18,21)3/h1,14-18,22-23H,5-13H2,2-3H3/t14?,15?,16-,17-,18+,19+,20+,21?/m1/s1. The van der Waals surface area contributed by atoms with Crippen molar-refractivity contribution < 1.29 is 10.2 Å². The van der Waals surface area contributed by atoms with Crippen molar-refractivity contribution >= 4 is 0 Å². The Balaban J connectivity index is 1.65. The maximum Gasteiger partial charge on any atom is 0.130 e. The molecule has 0 aromatic heterocycles. The topological polar surface area (TPSA) is 40.5 Å². The predicted molar refractivity (Wildman–Crippen MR) is 91.5 cm³/mol. The number of aliphatic hydroxyl groups excluding tert-OH is 1. The number of hydrogen-bond acceptors (Lipinski definition) is 2. The summed E-state index contributed by atoms with van der Waals surface area (Å²) in [5.41, 5.74) is -0.566. The highest BCUT2D eigenvalue weighted by Gasteiger charge is 2.64. The molecule has 0 spiro atoms. The van der Waals surface area contributed by atoms with Crippen molar-refractivity contribution in [1.82, 2.24) is 0 Å². The lowest BCUT2D eigenvalue weighted by Gasteiger charge is -2.61. The minimum atomic E-state index is -0.886. The molecule has 4 aliphatic carbocycles. The van der Waals surface area contributed by atoms with Crippen molar-refractivity contribution in [2.24, 2.45) is 34.5 Å². The zero-order chi connectivity index (χ0) is 16.5. The Kier molecular flexibility index (Phi) is 3.47. The van der Waals surface area contributed by atoms with E-state index in [-0.39, 0.29) is 11.5 Å². The zero-order valence-corrected chi connectivity index (χ0v) is 14.7. The van der Waals surface area contributed by atoms with Crippen molar-refractivity contribution in [2.45, 2.75) is 83.3 Å². The van der Waals surface area contributed by atoms with E-state index in [0.717, 1.165) is 43.9 Å². The molecule has 4 fully saturated rings. The summed E-state index contributed by atoms with van der Waals surface area (Å²) in [6, 6.07) is 0. The molecule has 0 bridgehead atoms. The van der Waals surface area contributed by atoms with Gasteiger partial charge in [-0.15, -0.1) is 6.42 Å². The van der Waals surface area contributed by atoms with Gasteiger partial charge in [-0.05, 0) is 86.9 Å². The molecule has 0 heterocycles. The van der Waals surface area contributed by atoms with Crippen molar-refractivity contribution in [3.05, 3.63) is 0 Å². The third-order valence-corrected chi connectivity index (χ3v) is 9.03. The zero-order valence-electron chi connectivity index (χ0n) is 14.7. The molecule has 2 N–H and O–H groups in total. The van der Waals surface area contributed by atoms with Gasteiger partial charge in [0.1, 0.15) is 5.60 Å². The second-order valence-electron chi connectivity index (χ2n) is 9.58. The van der Waals surface area contributed by atoms with Gasteiger partial charge in [0.25, 0.3) is 0 Å². The van der Waals surface area contributed by atoms with Crippen molar-refractivity contribution in [2.75, 3.05) is 0 Å². The summed E-state index contributed by atoms with van der Waals surface area (Å²) in [5, 5.41) is 21.1. The van der Waals surface area contributed by atoms with E-state index in [2.05, 4.69) is 19.8 Å². The van der Waals surface area contributed by atoms with Crippen LogP contribution >= 0.6 is 0 Å². The number of rotatable bonds is 0. The van der Waals surface area contributed by atoms with E-state index in [1.165, 1.54) is 25.7 Å². The Bertz CT molecular complexity index is 536. The van der Waals surface area contributed by atoms with Crippen LogP contribution in [0.4, 0.5) is 0 Å². The molecule has 0 amide bonds. The molecule has 23 heavy (non-hydrogen) atoms. The van der Waals surface area contributed by atoms with Gasteiger partial charge in [0, 0.05) is 5.41 Å². The monoisotopic (exact) mass is 316 g/mol. The van der Waals surface area contributed by atoms with Gasteiger partial charge < -0.3 is 10.2 Å². The van der Waals surface area contributed by atoms with E-state index in [0.29, 0.717) is 17.3 Å². The summed E-state index contributed by atoms with van der Waals surface area (Å²) < 4.78 is 0. The highest BCUT2D eigenvalue weighted by Crippen LogP contribution is 2.68. The largest absolute Gasteiger partial charge is 0.393 e. The maximum absolute atomic E-state index is 11.0. The first kappa shape index (κ1) is 16.0. The summed E-state index contributed by atoms with van der Waals surface area (Å²) >= 11 is 0. The van der Waals surface area contributed by atoms with Gasteiger partial charge in [0.15, 0.2) is 0 Å². The van der Waals surface area contributed by atoms with Gasteiger partial charge in [-0.2, -0.15) is 0 Å². The lowest BCUT2D eigenvalue weighted by Crippen LogP contribution is -2.56. The molecule has 2 heteroatoms. The van der Waals surface area contributed by atoms with Gasteiger partial charge in [0.2, 0.25) is 0 Å². The third kappa shape index (κ3) is 1.96. The molecule has 128 valence electrons. The average molecular weight is 316 g/mol. The van der Waals surface area contributed by atoms with Gasteiger partial charge in [-0.1, -0.05) is 19.8 Å². The van der Waals surface area contributed by atoms with E-state index >= 15 is 0 Å². The van der Waals surface area contributed by atoms with E-state index in [1.54, 1.807) is 0 Å². The molecule has 0 aliphatic heterocycles. The Labute approximate surface area is 141 Å². The van der Waals surface area contributed by atoms with Crippen molar-refractivity contribution in [3.8, 4) is 12.3 Å². The Morgan fingerprint density at radius 2 is 1.70 bits per heavy atom. The highest BCUT2D eigenvalue weighted by molar-refractivity contribution is 5.23. The van der Waals surface area contributed by atoms with Gasteiger partial charge in [-0.25, -0.2) is 0 Å². The molecule has 0 aromatic rings. The van der Waals surface area contributed by atoms with Crippen LogP contribution in [0.1, 0.15) is 71.6 Å². The molecule has 0 radical (unpaired) electrons. The fourth-order valence-corrected chi connectivity index (χ4v) is 7.49. The van der Waals surface area contributed by atoms with Crippen molar-refractivity contribution in [1.29, 1.82) is 0 Å². The predicted octanol–water partition coefficient (Wildman–Crippen LogP) is 3.75. The second kappa shape index (κ2) is 4.99. The molecule has 8 atom stereocenters. The van der Waals surface area contributed by atoms with E-state index in [9.17, 15) is 10.2 Å². The summed E-state index contributed by atoms with van der Waals surface area (Å²) in [6.07, 6.45) is 15.6. The van der Waals surface area contributed by atoms with Crippen LogP contribution in [-0.4, -0.2) is 21.9 Å². The Morgan fingerprint density at radius 3 is 2.43 bits per heavy atom. The van der Waals surface area contributed by atoms with Crippen molar-refractivity contribution in [3.63, 3.8) is 0 Å². The normalized spacial score (nSPS) is 58.7. The summed E-state index contributed by atoms with van der Waals surface area (Å²) in [5.74, 6) is 5.56. The molecule has 0 aromatic carbocycles. The van der Waals surface area contributed by atoms with Gasteiger partial charge in [-0.3, -0.25) is 0 Å². The first-order valence-electron chi connectivity index (χ1n) is 9.72. The molecule has 4 rings (SSSR count).